The molecule has 3 aromatic rings. The van der Waals surface area contributed by atoms with Crippen LogP contribution in [0.4, 0.5) is 5.82 Å². The van der Waals surface area contributed by atoms with Gasteiger partial charge in [-0.25, -0.2) is 4.98 Å². The lowest BCUT2D eigenvalue weighted by atomic mass is 10.1. The zero-order valence-electron chi connectivity index (χ0n) is 19.3. The van der Waals surface area contributed by atoms with Gasteiger partial charge in [0, 0.05) is 50.3 Å². The normalized spacial score (nSPS) is 15.7. The largest absolute Gasteiger partial charge is 0.497 e. The Kier molecular flexibility index (Phi) is 6.61. The number of rotatable bonds is 7. The van der Waals surface area contributed by atoms with Gasteiger partial charge in [0.1, 0.15) is 11.6 Å². The van der Waals surface area contributed by atoms with Gasteiger partial charge in [0.25, 0.3) is 5.91 Å². The van der Waals surface area contributed by atoms with Crippen LogP contribution in [0, 0.1) is 6.92 Å². The number of hydrogen-bond donors (Lipinski definition) is 0. The zero-order chi connectivity index (χ0) is 22.7. The second-order valence-electron chi connectivity index (χ2n) is 8.56. The van der Waals surface area contributed by atoms with Gasteiger partial charge in [-0.15, -0.1) is 0 Å². The number of anilines is 1. The first kappa shape index (κ1) is 22.1. The number of ether oxygens (including phenoxy) is 2. The second kappa shape index (κ2) is 9.57. The maximum absolute atomic E-state index is 13.6. The van der Waals surface area contributed by atoms with Gasteiger partial charge in [-0.1, -0.05) is 24.3 Å². The number of pyridine rings is 1. The molecule has 1 fully saturated rings. The Morgan fingerprint density at radius 2 is 2.00 bits per heavy atom. The van der Waals surface area contributed by atoms with E-state index in [1.807, 2.05) is 48.2 Å². The van der Waals surface area contributed by atoms with Crippen LogP contribution in [0.2, 0.25) is 0 Å². The van der Waals surface area contributed by atoms with Gasteiger partial charge in [-0.05, 0) is 49.6 Å². The zero-order valence-corrected chi connectivity index (χ0v) is 19.3. The maximum atomic E-state index is 13.6. The topological polar surface area (TPSA) is 54.9 Å². The van der Waals surface area contributed by atoms with Crippen molar-refractivity contribution in [2.75, 3.05) is 39.3 Å². The fraction of sp³-hybridized carbons (Fsp3) is 0.385. The van der Waals surface area contributed by atoms with Crippen molar-refractivity contribution in [3.63, 3.8) is 0 Å². The summed E-state index contributed by atoms with van der Waals surface area (Å²) >= 11 is 0. The highest BCUT2D eigenvalue weighted by Gasteiger charge is 2.25. The van der Waals surface area contributed by atoms with Crippen LogP contribution in [0.5, 0.6) is 5.75 Å². The quantitative estimate of drug-likeness (QED) is 0.551. The molecule has 1 aromatic heterocycles. The molecule has 168 valence electrons. The number of methoxy groups -OCH3 is 1. The number of aromatic nitrogens is 1. The van der Waals surface area contributed by atoms with Gasteiger partial charge in [-0.2, -0.15) is 0 Å². The lowest BCUT2D eigenvalue weighted by Gasteiger charge is -2.28. The molecule has 1 saturated heterocycles. The van der Waals surface area contributed by atoms with E-state index in [2.05, 4.69) is 25.1 Å². The monoisotopic (exact) mass is 433 g/mol. The second-order valence-corrected chi connectivity index (χ2v) is 8.56. The summed E-state index contributed by atoms with van der Waals surface area (Å²) in [5.41, 5.74) is 3.76. The summed E-state index contributed by atoms with van der Waals surface area (Å²) in [7, 11) is 5.59. The predicted octanol–water partition coefficient (Wildman–Crippen LogP) is 4.44. The van der Waals surface area contributed by atoms with E-state index in [1.165, 1.54) is 0 Å². The van der Waals surface area contributed by atoms with Crippen LogP contribution in [0.1, 0.15) is 34.3 Å². The van der Waals surface area contributed by atoms with Gasteiger partial charge in [0.15, 0.2) is 0 Å². The Morgan fingerprint density at radius 1 is 1.19 bits per heavy atom. The first-order chi connectivity index (χ1) is 15.5. The average molecular weight is 434 g/mol. The highest BCUT2D eigenvalue weighted by atomic mass is 16.5. The molecule has 1 aliphatic heterocycles. The summed E-state index contributed by atoms with van der Waals surface area (Å²) in [4.78, 5) is 22.4. The molecule has 0 N–H and O–H groups in total. The fourth-order valence-electron chi connectivity index (χ4n) is 4.28. The van der Waals surface area contributed by atoms with Crippen molar-refractivity contribution in [2.45, 2.75) is 32.4 Å². The van der Waals surface area contributed by atoms with E-state index in [1.54, 1.807) is 13.2 Å². The molecular weight excluding hydrogens is 402 g/mol. The molecule has 6 nitrogen and oxygen atoms in total. The van der Waals surface area contributed by atoms with Crippen molar-refractivity contribution in [2.24, 2.45) is 0 Å². The molecule has 0 unspecified atom stereocenters. The number of nitrogens with zero attached hydrogens (tertiary/aromatic N) is 3. The summed E-state index contributed by atoms with van der Waals surface area (Å²) in [6.45, 7) is 3.84. The number of carbonyl (C=O) groups is 1. The summed E-state index contributed by atoms with van der Waals surface area (Å²) in [6, 6.07) is 15.7. The molecule has 0 radical (unpaired) electrons. The molecule has 0 saturated carbocycles. The molecule has 2 heterocycles. The van der Waals surface area contributed by atoms with Crippen molar-refractivity contribution in [3.8, 4) is 5.75 Å². The SMILES string of the molecule is COc1cccc(C(=O)N(Cc2cc3cccc(C)c3nc2N(C)C)C[C@H]2CCCO2)c1. The van der Waals surface area contributed by atoms with Gasteiger partial charge in [0.05, 0.1) is 18.7 Å². The van der Waals surface area contributed by atoms with Crippen LogP contribution in [0.25, 0.3) is 10.9 Å². The molecule has 4 rings (SSSR count). The fourth-order valence-corrected chi connectivity index (χ4v) is 4.28. The number of benzene rings is 2. The summed E-state index contributed by atoms with van der Waals surface area (Å²) in [5.74, 6) is 1.51. The Balaban J connectivity index is 1.72. The van der Waals surface area contributed by atoms with Gasteiger partial charge < -0.3 is 19.3 Å². The number of aryl methyl sites for hydroxylation is 1. The Morgan fingerprint density at radius 3 is 2.72 bits per heavy atom. The van der Waals surface area contributed by atoms with Crippen molar-refractivity contribution in [1.29, 1.82) is 0 Å². The van der Waals surface area contributed by atoms with E-state index < -0.39 is 0 Å². The van der Waals surface area contributed by atoms with E-state index in [4.69, 9.17) is 14.5 Å². The summed E-state index contributed by atoms with van der Waals surface area (Å²) in [6.07, 6.45) is 2.06. The van der Waals surface area contributed by atoms with E-state index in [0.29, 0.717) is 24.4 Å². The predicted molar refractivity (Wildman–Crippen MR) is 128 cm³/mol. The molecule has 1 atom stereocenters. The lowest BCUT2D eigenvalue weighted by molar-refractivity contribution is 0.0507. The molecule has 1 aliphatic rings. The minimum atomic E-state index is -0.0338. The van der Waals surface area contributed by atoms with Crippen LogP contribution in [-0.2, 0) is 11.3 Å². The molecule has 1 amide bonds. The van der Waals surface area contributed by atoms with E-state index >= 15 is 0 Å². The van der Waals surface area contributed by atoms with Crippen LogP contribution in [-0.4, -0.2) is 56.3 Å². The molecule has 32 heavy (non-hydrogen) atoms. The van der Waals surface area contributed by atoms with Crippen LogP contribution >= 0.6 is 0 Å². The van der Waals surface area contributed by atoms with Gasteiger partial charge >= 0.3 is 0 Å². The highest BCUT2D eigenvalue weighted by molar-refractivity contribution is 5.95. The number of hydrogen-bond acceptors (Lipinski definition) is 5. The minimum Gasteiger partial charge on any atom is -0.497 e. The number of fused-ring (bicyclic) bond motifs is 1. The van der Waals surface area contributed by atoms with Crippen LogP contribution in [0.15, 0.2) is 48.5 Å². The van der Waals surface area contributed by atoms with Crippen molar-refractivity contribution in [3.05, 3.63) is 65.2 Å². The van der Waals surface area contributed by atoms with Crippen molar-refractivity contribution >= 4 is 22.6 Å². The Bertz CT molecular complexity index is 1110. The molecule has 0 spiro atoms. The summed E-state index contributed by atoms with van der Waals surface area (Å²) in [5, 5.41) is 1.08. The summed E-state index contributed by atoms with van der Waals surface area (Å²) < 4.78 is 11.2. The molecule has 0 bridgehead atoms. The van der Waals surface area contributed by atoms with E-state index in [-0.39, 0.29) is 12.0 Å². The molecular formula is C26H31N3O3. The first-order valence-electron chi connectivity index (χ1n) is 11.1. The molecule has 6 heteroatoms. The van der Waals surface area contributed by atoms with Crippen LogP contribution in [0.3, 0.4) is 0 Å². The lowest BCUT2D eigenvalue weighted by Crippen LogP contribution is -2.37. The van der Waals surface area contributed by atoms with Crippen molar-refractivity contribution in [1.82, 2.24) is 9.88 Å². The van der Waals surface area contributed by atoms with E-state index in [0.717, 1.165) is 47.3 Å². The van der Waals surface area contributed by atoms with Crippen molar-refractivity contribution < 1.29 is 14.3 Å². The highest BCUT2D eigenvalue weighted by Crippen LogP contribution is 2.27. The standard InChI is InChI=1S/C26H31N3O3/c1-18-8-5-9-19-14-21(25(28(2)3)27-24(18)19)16-29(17-23-12-7-13-32-23)26(30)20-10-6-11-22(15-20)31-4/h5-6,8-11,14-15,23H,7,12-13,16-17H2,1-4H3/t23-/m1/s1. The third kappa shape index (κ3) is 4.70. The minimum absolute atomic E-state index is 0.0338. The smallest absolute Gasteiger partial charge is 0.254 e. The first-order valence-corrected chi connectivity index (χ1v) is 11.1. The number of para-hydroxylation sites is 1. The average Bonchev–Trinajstić information content (AvgIpc) is 3.31. The Labute approximate surface area is 189 Å². The third-order valence-corrected chi connectivity index (χ3v) is 5.94. The van der Waals surface area contributed by atoms with Gasteiger partial charge in [0.2, 0.25) is 0 Å². The number of amides is 1. The molecule has 2 aromatic carbocycles. The third-order valence-electron chi connectivity index (χ3n) is 5.94. The van der Waals surface area contributed by atoms with E-state index in [9.17, 15) is 4.79 Å². The van der Waals surface area contributed by atoms with Gasteiger partial charge in [-0.3, -0.25) is 4.79 Å². The number of carbonyl (C=O) groups excluding carboxylic acids is 1. The van der Waals surface area contributed by atoms with Crippen LogP contribution < -0.4 is 9.64 Å². The Hall–Kier alpha value is -3.12. The maximum Gasteiger partial charge on any atom is 0.254 e. The molecule has 0 aliphatic carbocycles.